The van der Waals surface area contributed by atoms with E-state index in [0.29, 0.717) is 0 Å². The number of benzene rings is 1. The Bertz CT molecular complexity index is 627. The fourth-order valence-electron chi connectivity index (χ4n) is 4.13. The minimum absolute atomic E-state index is 0.120. The first-order chi connectivity index (χ1) is 12.0. The van der Waals surface area contributed by atoms with Gasteiger partial charge in [-0.3, -0.25) is 9.59 Å². The minimum atomic E-state index is 0.120. The Morgan fingerprint density at radius 3 is 2.32 bits per heavy atom. The number of aryl methyl sites for hydroxylation is 2. The molecule has 1 heterocycles. The van der Waals surface area contributed by atoms with Crippen LogP contribution < -0.4 is 5.32 Å². The monoisotopic (exact) mass is 342 g/mol. The van der Waals surface area contributed by atoms with Crippen LogP contribution >= 0.6 is 0 Å². The first kappa shape index (κ1) is 18.0. The number of amides is 2. The van der Waals surface area contributed by atoms with Crippen LogP contribution in [0, 0.1) is 19.8 Å². The van der Waals surface area contributed by atoms with Crippen molar-refractivity contribution in [3.05, 3.63) is 34.9 Å². The van der Waals surface area contributed by atoms with Gasteiger partial charge in [0.1, 0.15) is 0 Å². The molecular formula is C21H30N2O2. The van der Waals surface area contributed by atoms with Crippen LogP contribution in [0.25, 0.3) is 0 Å². The van der Waals surface area contributed by atoms with Gasteiger partial charge in [0, 0.05) is 30.6 Å². The third kappa shape index (κ3) is 4.42. The summed E-state index contributed by atoms with van der Waals surface area (Å²) in [6, 6.07) is 6.21. The molecule has 1 aliphatic carbocycles. The molecule has 0 atom stereocenters. The van der Waals surface area contributed by atoms with E-state index in [1.54, 1.807) is 0 Å². The van der Waals surface area contributed by atoms with Crippen molar-refractivity contribution >= 4 is 11.8 Å². The average molecular weight is 342 g/mol. The van der Waals surface area contributed by atoms with E-state index in [1.165, 1.54) is 24.8 Å². The third-order valence-electron chi connectivity index (χ3n) is 5.72. The summed E-state index contributed by atoms with van der Waals surface area (Å²) in [4.78, 5) is 27.1. The summed E-state index contributed by atoms with van der Waals surface area (Å²) in [5.74, 6) is 0.567. The summed E-state index contributed by atoms with van der Waals surface area (Å²) in [5.41, 5.74) is 3.02. The van der Waals surface area contributed by atoms with Crippen LogP contribution in [-0.4, -0.2) is 35.8 Å². The molecule has 25 heavy (non-hydrogen) atoms. The Kier molecular flexibility index (Phi) is 5.77. The van der Waals surface area contributed by atoms with E-state index in [0.717, 1.165) is 49.9 Å². The Morgan fingerprint density at radius 1 is 1.00 bits per heavy atom. The molecule has 0 unspecified atom stereocenters. The molecule has 0 radical (unpaired) electrons. The third-order valence-corrected chi connectivity index (χ3v) is 5.72. The zero-order valence-electron chi connectivity index (χ0n) is 15.5. The van der Waals surface area contributed by atoms with E-state index >= 15 is 0 Å². The predicted molar refractivity (Wildman–Crippen MR) is 99.6 cm³/mol. The maximum absolute atomic E-state index is 12.7. The lowest BCUT2D eigenvalue weighted by Gasteiger charge is -2.34. The van der Waals surface area contributed by atoms with Crippen LogP contribution in [0.3, 0.4) is 0 Å². The van der Waals surface area contributed by atoms with E-state index in [9.17, 15) is 9.59 Å². The largest absolute Gasteiger partial charge is 0.353 e. The Balaban J connectivity index is 1.51. The van der Waals surface area contributed by atoms with Crippen molar-refractivity contribution in [1.29, 1.82) is 0 Å². The lowest BCUT2D eigenvalue weighted by Crippen LogP contribution is -2.48. The molecule has 0 bridgehead atoms. The second-order valence-corrected chi connectivity index (χ2v) is 7.73. The lowest BCUT2D eigenvalue weighted by atomic mass is 9.88. The summed E-state index contributed by atoms with van der Waals surface area (Å²) in [6.45, 7) is 5.49. The summed E-state index contributed by atoms with van der Waals surface area (Å²) in [5, 5.41) is 3.23. The molecule has 4 nitrogen and oxygen atoms in total. The molecule has 2 amide bonds. The van der Waals surface area contributed by atoms with E-state index in [4.69, 9.17) is 0 Å². The highest BCUT2D eigenvalue weighted by Gasteiger charge is 2.28. The molecule has 1 aromatic rings. The van der Waals surface area contributed by atoms with Crippen molar-refractivity contribution in [3.63, 3.8) is 0 Å². The van der Waals surface area contributed by atoms with E-state index in [2.05, 4.69) is 11.4 Å². The highest BCUT2D eigenvalue weighted by Crippen LogP contribution is 2.24. The molecule has 2 fully saturated rings. The van der Waals surface area contributed by atoms with E-state index < -0.39 is 0 Å². The quantitative estimate of drug-likeness (QED) is 0.912. The van der Waals surface area contributed by atoms with Crippen molar-refractivity contribution < 1.29 is 9.59 Å². The van der Waals surface area contributed by atoms with Gasteiger partial charge in [0.15, 0.2) is 0 Å². The number of carbonyl (C=O) groups excluding carboxylic acids is 2. The Labute approximate surface area is 151 Å². The van der Waals surface area contributed by atoms with Gasteiger partial charge in [-0.1, -0.05) is 37.0 Å². The molecule has 3 rings (SSSR count). The number of carbonyl (C=O) groups is 2. The van der Waals surface area contributed by atoms with Crippen molar-refractivity contribution in [1.82, 2.24) is 10.2 Å². The molecular weight excluding hydrogens is 312 g/mol. The van der Waals surface area contributed by atoms with Crippen LogP contribution in [0.1, 0.15) is 66.4 Å². The van der Waals surface area contributed by atoms with Gasteiger partial charge >= 0.3 is 0 Å². The SMILES string of the molecule is Cc1ccc(C(=O)N2CCC(NC(=O)C3CCCCC3)CC2)c(C)c1. The second kappa shape index (κ2) is 8.03. The summed E-state index contributed by atoms with van der Waals surface area (Å²) in [6.07, 6.45) is 7.42. The normalized spacial score (nSPS) is 19.7. The predicted octanol–water partition coefficient (Wildman–Crippen LogP) is 3.60. The number of nitrogens with one attached hydrogen (secondary N) is 1. The number of piperidine rings is 1. The molecule has 2 aliphatic rings. The van der Waals surface area contributed by atoms with E-state index in [-0.39, 0.29) is 23.8 Å². The maximum atomic E-state index is 12.7. The smallest absolute Gasteiger partial charge is 0.254 e. The number of hydrogen-bond donors (Lipinski definition) is 1. The van der Waals surface area contributed by atoms with Crippen LogP contribution in [-0.2, 0) is 4.79 Å². The zero-order valence-corrected chi connectivity index (χ0v) is 15.5. The van der Waals surface area contributed by atoms with Gasteiger partial charge < -0.3 is 10.2 Å². The van der Waals surface area contributed by atoms with Crippen molar-refractivity contribution in [2.75, 3.05) is 13.1 Å². The standard InChI is InChI=1S/C21H30N2O2/c1-15-8-9-19(16(2)14-15)21(25)23-12-10-18(11-13-23)22-20(24)17-6-4-3-5-7-17/h8-9,14,17-18H,3-7,10-13H2,1-2H3,(H,22,24). The van der Waals surface area contributed by atoms with Crippen molar-refractivity contribution in [2.45, 2.75) is 64.8 Å². The van der Waals surface area contributed by atoms with E-state index in [1.807, 2.05) is 30.9 Å². The van der Waals surface area contributed by atoms with Crippen LogP contribution in [0.5, 0.6) is 0 Å². The first-order valence-electron chi connectivity index (χ1n) is 9.71. The zero-order chi connectivity index (χ0) is 17.8. The highest BCUT2D eigenvalue weighted by atomic mass is 16.2. The number of nitrogens with zero attached hydrogens (tertiary/aromatic N) is 1. The number of rotatable bonds is 3. The molecule has 0 spiro atoms. The number of hydrogen-bond acceptors (Lipinski definition) is 2. The maximum Gasteiger partial charge on any atom is 0.254 e. The average Bonchev–Trinajstić information content (AvgIpc) is 2.62. The van der Waals surface area contributed by atoms with Gasteiger partial charge in [-0.15, -0.1) is 0 Å². The summed E-state index contributed by atoms with van der Waals surface area (Å²) >= 11 is 0. The second-order valence-electron chi connectivity index (χ2n) is 7.73. The van der Waals surface area contributed by atoms with Gasteiger partial charge in [0.05, 0.1) is 0 Å². The fourth-order valence-corrected chi connectivity index (χ4v) is 4.13. The first-order valence-corrected chi connectivity index (χ1v) is 9.71. The summed E-state index contributed by atoms with van der Waals surface area (Å²) < 4.78 is 0. The lowest BCUT2D eigenvalue weighted by molar-refractivity contribution is -0.126. The molecule has 1 aliphatic heterocycles. The molecule has 136 valence electrons. The van der Waals surface area contributed by atoms with Gasteiger partial charge in [0.25, 0.3) is 5.91 Å². The van der Waals surface area contributed by atoms with Gasteiger partial charge in [0.2, 0.25) is 5.91 Å². The molecule has 1 saturated heterocycles. The minimum Gasteiger partial charge on any atom is -0.353 e. The molecule has 1 aromatic carbocycles. The van der Waals surface area contributed by atoms with Crippen molar-refractivity contribution in [2.24, 2.45) is 5.92 Å². The van der Waals surface area contributed by atoms with Gasteiger partial charge in [-0.05, 0) is 51.2 Å². The topological polar surface area (TPSA) is 49.4 Å². The summed E-state index contributed by atoms with van der Waals surface area (Å²) in [7, 11) is 0. The van der Waals surface area contributed by atoms with Gasteiger partial charge in [-0.25, -0.2) is 0 Å². The van der Waals surface area contributed by atoms with Crippen molar-refractivity contribution in [3.8, 4) is 0 Å². The van der Waals surface area contributed by atoms with Gasteiger partial charge in [-0.2, -0.15) is 0 Å². The highest BCUT2D eigenvalue weighted by molar-refractivity contribution is 5.95. The molecule has 1 saturated carbocycles. The fraction of sp³-hybridized carbons (Fsp3) is 0.619. The van der Waals surface area contributed by atoms with Crippen LogP contribution in [0.4, 0.5) is 0 Å². The molecule has 4 heteroatoms. The number of likely N-dealkylation sites (tertiary alicyclic amines) is 1. The Morgan fingerprint density at radius 2 is 1.68 bits per heavy atom. The Hall–Kier alpha value is -1.84. The molecule has 0 aromatic heterocycles. The van der Waals surface area contributed by atoms with Crippen LogP contribution in [0.15, 0.2) is 18.2 Å². The molecule has 1 N–H and O–H groups in total. The van der Waals surface area contributed by atoms with Crippen LogP contribution in [0.2, 0.25) is 0 Å².